The first-order chi connectivity index (χ1) is 18.0. The van der Waals surface area contributed by atoms with Crippen molar-refractivity contribution in [3.8, 4) is 11.1 Å². The number of amides is 1. The number of carbonyl (C=O) groups is 2. The molecule has 0 aliphatic rings. The van der Waals surface area contributed by atoms with E-state index in [1.165, 1.54) is 25.5 Å². The van der Waals surface area contributed by atoms with Crippen LogP contribution < -0.4 is 5.01 Å². The molecule has 0 saturated heterocycles. The fourth-order valence-corrected chi connectivity index (χ4v) is 4.49. The molecular formula is C28H27BrFN5O3. The number of anilines is 1. The van der Waals surface area contributed by atoms with Crippen molar-refractivity contribution in [1.82, 2.24) is 14.6 Å². The molecule has 0 atom stereocenters. The number of aromatic nitrogens is 3. The van der Waals surface area contributed by atoms with Crippen molar-refractivity contribution in [3.05, 3.63) is 81.5 Å². The molecule has 0 spiro atoms. The molecule has 38 heavy (non-hydrogen) atoms. The van der Waals surface area contributed by atoms with Crippen molar-refractivity contribution >= 4 is 45.9 Å². The number of fused-ring (bicyclic) bond motifs is 1. The number of ether oxygens (including phenoxy) is 1. The summed E-state index contributed by atoms with van der Waals surface area (Å²) < 4.78 is 22.4. The summed E-state index contributed by atoms with van der Waals surface area (Å²) in [7, 11) is 0. The zero-order chi connectivity index (χ0) is 27.6. The normalized spacial score (nSPS) is 11.8. The third-order valence-electron chi connectivity index (χ3n) is 6.13. The van der Waals surface area contributed by atoms with Gasteiger partial charge >= 0.3 is 5.97 Å². The van der Waals surface area contributed by atoms with Gasteiger partial charge in [-0.3, -0.25) is 9.59 Å². The smallest absolute Gasteiger partial charge is 0.302 e. The number of hydrogen-bond acceptors (Lipinski definition) is 6. The molecule has 0 bridgehead atoms. The summed E-state index contributed by atoms with van der Waals surface area (Å²) in [5.74, 6) is -0.812. The number of hydrazone groups is 1. The zero-order valence-electron chi connectivity index (χ0n) is 21.7. The Labute approximate surface area is 228 Å². The van der Waals surface area contributed by atoms with Crippen LogP contribution in [0.1, 0.15) is 49.9 Å². The van der Waals surface area contributed by atoms with E-state index in [9.17, 15) is 14.0 Å². The van der Waals surface area contributed by atoms with Gasteiger partial charge in [-0.1, -0.05) is 32.9 Å². The summed E-state index contributed by atoms with van der Waals surface area (Å²) in [6.45, 7) is 8.88. The first-order valence-corrected chi connectivity index (χ1v) is 12.6. The van der Waals surface area contributed by atoms with Crippen LogP contribution in [0.2, 0.25) is 0 Å². The first-order valence-electron chi connectivity index (χ1n) is 11.8. The Morgan fingerprint density at radius 2 is 2.03 bits per heavy atom. The van der Waals surface area contributed by atoms with E-state index in [1.807, 2.05) is 39.0 Å². The van der Waals surface area contributed by atoms with E-state index in [1.54, 1.807) is 29.8 Å². The first kappa shape index (κ1) is 27.1. The summed E-state index contributed by atoms with van der Waals surface area (Å²) in [5.41, 5.74) is 4.60. The van der Waals surface area contributed by atoms with Crippen molar-refractivity contribution in [2.75, 3.05) is 5.01 Å². The third-order valence-corrected chi connectivity index (χ3v) is 6.71. The van der Waals surface area contributed by atoms with Crippen LogP contribution in [0.25, 0.3) is 16.8 Å². The fourth-order valence-electron chi connectivity index (χ4n) is 3.96. The molecule has 196 valence electrons. The molecular weight excluding hydrogens is 553 g/mol. The molecule has 0 N–H and O–H groups in total. The van der Waals surface area contributed by atoms with Gasteiger partial charge in [0.05, 0.1) is 16.4 Å². The van der Waals surface area contributed by atoms with Crippen LogP contribution in [-0.4, -0.2) is 33.2 Å². The van der Waals surface area contributed by atoms with Gasteiger partial charge in [-0.15, -0.1) is 0 Å². The van der Waals surface area contributed by atoms with Crippen molar-refractivity contribution < 1.29 is 18.7 Å². The number of rotatable bonds is 7. The molecule has 1 amide bonds. The average molecular weight is 580 g/mol. The average Bonchev–Trinajstić information content (AvgIpc) is 3.34. The highest BCUT2D eigenvalue weighted by molar-refractivity contribution is 9.10. The van der Waals surface area contributed by atoms with Crippen LogP contribution in [0.4, 0.5) is 10.1 Å². The van der Waals surface area contributed by atoms with Gasteiger partial charge in [0.2, 0.25) is 6.41 Å². The number of carbonyl (C=O) groups excluding carboxylic acids is 2. The molecule has 10 heteroatoms. The molecule has 0 radical (unpaired) electrons. The topological polar surface area (TPSA) is 89.2 Å². The molecule has 0 fully saturated rings. The van der Waals surface area contributed by atoms with Crippen LogP contribution in [0.15, 0.2) is 58.5 Å². The van der Waals surface area contributed by atoms with Crippen LogP contribution in [0.5, 0.6) is 0 Å². The minimum absolute atomic E-state index is 0.0964. The third kappa shape index (κ3) is 5.65. The minimum Gasteiger partial charge on any atom is -0.461 e. The lowest BCUT2D eigenvalue weighted by molar-refractivity contribution is -0.142. The van der Waals surface area contributed by atoms with E-state index in [-0.39, 0.29) is 17.8 Å². The Bertz CT molecular complexity index is 1560. The summed E-state index contributed by atoms with van der Waals surface area (Å²) in [4.78, 5) is 28.2. The quantitative estimate of drug-likeness (QED) is 0.116. The molecule has 0 saturated carbocycles. The molecule has 2 aromatic heterocycles. The molecule has 0 aliphatic heterocycles. The van der Waals surface area contributed by atoms with Gasteiger partial charge in [0, 0.05) is 29.8 Å². The molecule has 0 unspecified atom stereocenters. The number of esters is 1. The van der Waals surface area contributed by atoms with E-state index >= 15 is 0 Å². The number of pyridine rings is 1. The number of nitrogens with zero attached hydrogens (tertiary/aromatic N) is 5. The van der Waals surface area contributed by atoms with Gasteiger partial charge in [-0.2, -0.15) is 10.2 Å². The summed E-state index contributed by atoms with van der Waals surface area (Å²) in [6.07, 6.45) is 5.26. The Morgan fingerprint density at radius 3 is 2.71 bits per heavy atom. The highest BCUT2D eigenvalue weighted by Crippen LogP contribution is 2.34. The lowest BCUT2D eigenvalue weighted by Gasteiger charge is -2.21. The van der Waals surface area contributed by atoms with Crippen LogP contribution in [0.3, 0.4) is 0 Å². The highest BCUT2D eigenvalue weighted by atomic mass is 79.9. The molecule has 2 heterocycles. The van der Waals surface area contributed by atoms with Crippen LogP contribution in [0, 0.1) is 12.7 Å². The maximum absolute atomic E-state index is 14.7. The maximum Gasteiger partial charge on any atom is 0.302 e. The van der Waals surface area contributed by atoms with Crippen molar-refractivity contribution in [2.45, 2.75) is 46.6 Å². The zero-order valence-corrected chi connectivity index (χ0v) is 23.3. The van der Waals surface area contributed by atoms with Gasteiger partial charge in [-0.05, 0) is 69.2 Å². The SMILES string of the molecule is CC(=O)OCc1c(-c2cc(Br)c3ncnn3c2)cccc1N(C=O)/N=C\c1cc(C(C)(C)C)cc(F)c1C. The second-order valence-electron chi connectivity index (χ2n) is 9.81. The van der Waals surface area contributed by atoms with E-state index in [0.29, 0.717) is 40.0 Å². The Balaban J connectivity index is 1.82. The van der Waals surface area contributed by atoms with Crippen LogP contribution >= 0.6 is 15.9 Å². The van der Waals surface area contributed by atoms with E-state index in [2.05, 4.69) is 31.1 Å². The molecule has 2 aromatic carbocycles. The number of benzene rings is 2. The highest BCUT2D eigenvalue weighted by Gasteiger charge is 2.20. The predicted molar refractivity (Wildman–Crippen MR) is 148 cm³/mol. The second-order valence-corrected chi connectivity index (χ2v) is 10.7. The van der Waals surface area contributed by atoms with Gasteiger partial charge in [0.25, 0.3) is 0 Å². The minimum atomic E-state index is -0.468. The van der Waals surface area contributed by atoms with Gasteiger partial charge in [0.15, 0.2) is 5.65 Å². The molecule has 4 rings (SSSR count). The molecule has 8 nitrogen and oxygen atoms in total. The lowest BCUT2D eigenvalue weighted by Crippen LogP contribution is -2.17. The van der Waals surface area contributed by atoms with E-state index < -0.39 is 5.97 Å². The van der Waals surface area contributed by atoms with Gasteiger partial charge in [0.1, 0.15) is 18.8 Å². The monoisotopic (exact) mass is 579 g/mol. The summed E-state index contributed by atoms with van der Waals surface area (Å²) >= 11 is 3.53. The summed E-state index contributed by atoms with van der Waals surface area (Å²) in [5, 5.41) is 9.75. The molecule has 4 aromatic rings. The Kier molecular flexibility index (Phi) is 7.73. The number of halogens is 2. The van der Waals surface area contributed by atoms with Gasteiger partial charge in [-0.25, -0.2) is 18.9 Å². The van der Waals surface area contributed by atoms with E-state index in [4.69, 9.17) is 4.74 Å². The standard InChI is InChI=1S/C28H27BrFN5O3/c1-17-19(9-21(11-25(17)30)28(3,4)5)12-32-35(16-36)26-8-6-7-22(23(26)14-38-18(2)37)20-10-24(29)27-31-15-33-34(27)13-20/h6-13,15-16H,14H2,1-5H3/b32-12-. The van der Waals surface area contributed by atoms with Gasteiger partial charge < -0.3 is 4.74 Å². The summed E-state index contributed by atoms with van der Waals surface area (Å²) in [6, 6.07) is 10.6. The van der Waals surface area contributed by atoms with Crippen molar-refractivity contribution in [2.24, 2.45) is 5.10 Å². The van der Waals surface area contributed by atoms with Crippen molar-refractivity contribution in [1.29, 1.82) is 0 Å². The lowest BCUT2D eigenvalue weighted by atomic mass is 9.85. The second kappa shape index (κ2) is 10.8. The van der Waals surface area contributed by atoms with E-state index in [0.717, 1.165) is 20.6 Å². The fraction of sp³-hybridized carbons (Fsp3) is 0.250. The largest absolute Gasteiger partial charge is 0.461 e. The Hall–Kier alpha value is -3.92. The van der Waals surface area contributed by atoms with Crippen molar-refractivity contribution in [3.63, 3.8) is 0 Å². The Morgan fingerprint density at radius 1 is 1.26 bits per heavy atom. The predicted octanol–water partition coefficient (Wildman–Crippen LogP) is 5.96. The van der Waals surface area contributed by atoms with Crippen LogP contribution in [-0.2, 0) is 26.3 Å². The molecule has 0 aliphatic carbocycles. The number of hydrogen-bond donors (Lipinski definition) is 0. The maximum atomic E-state index is 14.7.